The van der Waals surface area contributed by atoms with E-state index in [-0.39, 0.29) is 17.3 Å². The first-order valence-electron chi connectivity index (χ1n) is 11.4. The molecule has 0 atom stereocenters. The van der Waals surface area contributed by atoms with Crippen LogP contribution in [0.2, 0.25) is 0 Å². The van der Waals surface area contributed by atoms with Gasteiger partial charge in [-0.15, -0.1) is 0 Å². The van der Waals surface area contributed by atoms with Crippen LogP contribution < -0.4 is 11.0 Å². The maximum Gasteiger partial charge on any atom is 0.348 e. The van der Waals surface area contributed by atoms with E-state index in [4.69, 9.17) is 0 Å². The number of rotatable bonds is 10. The van der Waals surface area contributed by atoms with Crippen LogP contribution in [0.4, 0.5) is 5.69 Å². The van der Waals surface area contributed by atoms with Gasteiger partial charge in [0.25, 0.3) is 0 Å². The number of thioether (sulfide) groups is 1. The predicted octanol–water partition coefficient (Wildman–Crippen LogP) is 2.98. The van der Waals surface area contributed by atoms with Crippen LogP contribution in [0.1, 0.15) is 48.3 Å². The van der Waals surface area contributed by atoms with Crippen molar-refractivity contribution in [1.82, 2.24) is 14.5 Å². The molecule has 0 aliphatic heterocycles. The van der Waals surface area contributed by atoms with Crippen LogP contribution in [0, 0.1) is 0 Å². The molecule has 3 rings (SSSR count). The van der Waals surface area contributed by atoms with Gasteiger partial charge in [0, 0.05) is 30.0 Å². The van der Waals surface area contributed by atoms with E-state index in [1.165, 1.54) is 18.9 Å². The number of aromatic nitrogens is 2. The van der Waals surface area contributed by atoms with Gasteiger partial charge in [-0.1, -0.05) is 25.6 Å². The molecule has 1 aromatic carbocycles. The third-order valence-electron chi connectivity index (χ3n) is 5.91. The van der Waals surface area contributed by atoms with Gasteiger partial charge in [-0.05, 0) is 63.0 Å². The molecule has 1 heterocycles. The highest BCUT2D eigenvalue weighted by molar-refractivity contribution is 8.00. The topological polar surface area (TPSA) is 93.5 Å². The van der Waals surface area contributed by atoms with Gasteiger partial charge in [0.2, 0.25) is 5.91 Å². The number of methoxy groups -OCH3 is 1. The van der Waals surface area contributed by atoms with E-state index >= 15 is 0 Å². The number of hydrogen-bond acceptors (Lipinski definition) is 7. The van der Waals surface area contributed by atoms with E-state index in [1.807, 2.05) is 4.57 Å². The number of fused-ring (bicyclic) bond motifs is 1. The number of carbonyl (C=O) groups excluding carboxylic acids is 2. The fourth-order valence-electron chi connectivity index (χ4n) is 4.02. The summed E-state index contributed by atoms with van der Waals surface area (Å²) in [6, 6.07) is 6.52. The number of ether oxygens (including phenoxy) is 1. The maximum absolute atomic E-state index is 12.8. The molecule has 0 unspecified atom stereocenters. The predicted molar refractivity (Wildman–Crippen MR) is 130 cm³/mol. The molecule has 1 aliphatic rings. The fraction of sp³-hybridized carbons (Fsp3) is 0.500. The van der Waals surface area contributed by atoms with E-state index in [9.17, 15) is 14.4 Å². The molecule has 0 spiro atoms. The lowest BCUT2D eigenvalue weighted by Gasteiger charge is -2.24. The number of nitrogens with one attached hydrogen (secondary N) is 1. The second kappa shape index (κ2) is 12.0. The monoisotopic (exact) mass is 472 g/mol. The molecule has 1 aliphatic carbocycles. The zero-order valence-electron chi connectivity index (χ0n) is 19.6. The lowest BCUT2D eigenvalue weighted by molar-refractivity contribution is -0.113. The van der Waals surface area contributed by atoms with Gasteiger partial charge in [0.05, 0.1) is 18.4 Å². The van der Waals surface area contributed by atoms with Crippen molar-refractivity contribution >= 4 is 29.3 Å². The molecule has 33 heavy (non-hydrogen) atoms. The average Bonchev–Trinajstić information content (AvgIpc) is 2.84. The minimum Gasteiger partial charge on any atom is -0.465 e. The number of likely N-dealkylation sites (N-methyl/N-ethyl adjacent to an activating group) is 1. The highest BCUT2D eigenvalue weighted by Gasteiger charge is 2.21. The van der Waals surface area contributed by atoms with Crippen LogP contribution in [0.5, 0.6) is 0 Å². The molecule has 8 nitrogen and oxygen atoms in total. The van der Waals surface area contributed by atoms with Crippen LogP contribution in [0.25, 0.3) is 0 Å². The molecule has 0 fully saturated rings. The number of benzene rings is 1. The zero-order chi connectivity index (χ0) is 23.8. The number of anilines is 1. The number of nitrogens with zero attached hydrogens (tertiary/aromatic N) is 3. The Morgan fingerprint density at radius 1 is 1.15 bits per heavy atom. The van der Waals surface area contributed by atoms with Crippen molar-refractivity contribution in [3.05, 3.63) is 51.6 Å². The van der Waals surface area contributed by atoms with Crippen molar-refractivity contribution in [2.45, 2.75) is 51.1 Å². The Hall–Kier alpha value is -2.65. The van der Waals surface area contributed by atoms with Crippen molar-refractivity contribution in [2.24, 2.45) is 0 Å². The summed E-state index contributed by atoms with van der Waals surface area (Å²) in [6.45, 7) is 7.62. The molecule has 0 saturated heterocycles. The number of carbonyl (C=O) groups is 2. The SMILES string of the molecule is CCN(CC)CCn1c2c(c(SCC(=O)Nc3ccc(C(=O)OC)cc3)nc1=O)CCCC2. The Morgan fingerprint density at radius 2 is 1.85 bits per heavy atom. The molecule has 0 radical (unpaired) electrons. The highest BCUT2D eigenvalue weighted by Crippen LogP contribution is 2.28. The van der Waals surface area contributed by atoms with Gasteiger partial charge < -0.3 is 15.0 Å². The standard InChI is InChI=1S/C24H32N4O4S/c1-4-27(5-2)14-15-28-20-9-7-6-8-19(20)22(26-24(28)31)33-16-21(29)25-18-12-10-17(11-13-18)23(30)32-3/h10-13H,4-9,14-16H2,1-3H3,(H,25,29). The van der Waals surface area contributed by atoms with Crippen molar-refractivity contribution in [3.63, 3.8) is 0 Å². The summed E-state index contributed by atoms with van der Waals surface area (Å²) in [7, 11) is 1.32. The lowest BCUT2D eigenvalue weighted by Crippen LogP contribution is -2.35. The third-order valence-corrected chi connectivity index (χ3v) is 6.93. The van der Waals surface area contributed by atoms with Gasteiger partial charge >= 0.3 is 11.7 Å². The Kier molecular flexibility index (Phi) is 9.08. The smallest absolute Gasteiger partial charge is 0.348 e. The van der Waals surface area contributed by atoms with E-state index in [2.05, 4.69) is 33.8 Å². The Morgan fingerprint density at radius 3 is 2.52 bits per heavy atom. The van der Waals surface area contributed by atoms with Crippen LogP contribution in [-0.4, -0.2) is 58.8 Å². The summed E-state index contributed by atoms with van der Waals surface area (Å²) in [4.78, 5) is 43.5. The minimum absolute atomic E-state index is 0.154. The minimum atomic E-state index is -0.425. The van der Waals surface area contributed by atoms with E-state index < -0.39 is 5.97 Å². The summed E-state index contributed by atoms with van der Waals surface area (Å²) in [5.41, 5.74) is 2.97. The molecular weight excluding hydrogens is 440 g/mol. The van der Waals surface area contributed by atoms with Gasteiger partial charge in [-0.25, -0.2) is 9.59 Å². The summed E-state index contributed by atoms with van der Waals surface area (Å²) >= 11 is 1.31. The molecule has 1 amide bonds. The molecule has 1 aromatic heterocycles. The highest BCUT2D eigenvalue weighted by atomic mass is 32.2. The first kappa shape index (κ1) is 25.0. The van der Waals surface area contributed by atoms with Crippen LogP contribution >= 0.6 is 11.8 Å². The number of hydrogen-bond donors (Lipinski definition) is 1. The quantitative estimate of drug-likeness (QED) is 0.323. The molecule has 2 aromatic rings. The average molecular weight is 473 g/mol. The Balaban J connectivity index is 1.68. The van der Waals surface area contributed by atoms with Crippen LogP contribution in [0.3, 0.4) is 0 Å². The van der Waals surface area contributed by atoms with E-state index in [1.54, 1.807) is 24.3 Å². The Labute approximate surface area is 198 Å². The molecule has 0 bridgehead atoms. The van der Waals surface area contributed by atoms with Crippen molar-refractivity contribution < 1.29 is 14.3 Å². The largest absolute Gasteiger partial charge is 0.465 e. The van der Waals surface area contributed by atoms with Crippen molar-refractivity contribution in [2.75, 3.05) is 37.8 Å². The molecule has 0 saturated carbocycles. The summed E-state index contributed by atoms with van der Waals surface area (Å²) in [6.07, 6.45) is 3.88. The molecule has 9 heteroatoms. The maximum atomic E-state index is 12.8. The summed E-state index contributed by atoms with van der Waals surface area (Å²) in [5.74, 6) is -0.463. The van der Waals surface area contributed by atoms with E-state index in [0.717, 1.165) is 56.6 Å². The summed E-state index contributed by atoms with van der Waals surface area (Å²) in [5, 5.41) is 3.49. The van der Waals surface area contributed by atoms with Gasteiger partial charge in [-0.3, -0.25) is 9.36 Å². The molecular formula is C24H32N4O4S. The van der Waals surface area contributed by atoms with Crippen molar-refractivity contribution in [3.8, 4) is 0 Å². The van der Waals surface area contributed by atoms with Crippen molar-refractivity contribution in [1.29, 1.82) is 0 Å². The normalized spacial score (nSPS) is 13.0. The Bertz CT molecular complexity index is 1030. The van der Waals surface area contributed by atoms with Gasteiger partial charge in [-0.2, -0.15) is 4.98 Å². The third kappa shape index (κ3) is 6.45. The number of esters is 1. The van der Waals surface area contributed by atoms with Gasteiger partial charge in [0.1, 0.15) is 5.03 Å². The molecule has 1 N–H and O–H groups in total. The number of amides is 1. The van der Waals surface area contributed by atoms with Gasteiger partial charge in [0.15, 0.2) is 0 Å². The van der Waals surface area contributed by atoms with Crippen LogP contribution in [0.15, 0.2) is 34.1 Å². The van der Waals surface area contributed by atoms with E-state index in [0.29, 0.717) is 22.8 Å². The lowest BCUT2D eigenvalue weighted by atomic mass is 9.97. The first-order chi connectivity index (χ1) is 16.0. The summed E-state index contributed by atoms with van der Waals surface area (Å²) < 4.78 is 6.51. The van der Waals surface area contributed by atoms with Crippen LogP contribution in [-0.2, 0) is 28.9 Å². The molecule has 178 valence electrons. The first-order valence-corrected chi connectivity index (χ1v) is 12.4. The second-order valence-corrected chi connectivity index (χ2v) is 8.88. The second-order valence-electron chi connectivity index (χ2n) is 7.92. The fourth-order valence-corrected chi connectivity index (χ4v) is 4.89. The zero-order valence-corrected chi connectivity index (χ0v) is 20.4.